The molecule has 0 aromatic heterocycles. The fraction of sp³-hybridized carbons (Fsp3) is 0.385. The van der Waals surface area contributed by atoms with E-state index < -0.39 is 17.4 Å². The Morgan fingerprint density at radius 1 is 1.37 bits per heavy atom. The Kier molecular flexibility index (Phi) is 5.20. The van der Waals surface area contributed by atoms with E-state index >= 15 is 0 Å². The zero-order valence-electron chi connectivity index (χ0n) is 10.6. The maximum Gasteiger partial charge on any atom is 0.323 e. The molecule has 104 valence electrons. The number of carboxylic acids is 1. The molecule has 0 aliphatic carbocycles. The molecule has 1 aromatic carbocycles. The maximum atomic E-state index is 11.8. The van der Waals surface area contributed by atoms with Gasteiger partial charge < -0.3 is 9.84 Å². The molecule has 0 radical (unpaired) electrons. The monoisotopic (exact) mass is 304 g/mol. The number of hydrogen-bond donors (Lipinski definition) is 1. The van der Waals surface area contributed by atoms with Gasteiger partial charge in [-0.05, 0) is 31.5 Å². The van der Waals surface area contributed by atoms with E-state index in [1.807, 2.05) is 0 Å². The summed E-state index contributed by atoms with van der Waals surface area (Å²) in [5, 5.41) is 10.0. The molecular weight excluding hydrogens is 291 g/mol. The van der Waals surface area contributed by atoms with Gasteiger partial charge in [-0.15, -0.1) is 0 Å². The smallest absolute Gasteiger partial charge is 0.323 e. The Labute approximate surface area is 121 Å². The minimum absolute atomic E-state index is 0.0584. The Balaban J connectivity index is 3.08. The molecular formula is C13H14Cl2O4. The van der Waals surface area contributed by atoms with E-state index in [0.29, 0.717) is 15.6 Å². The van der Waals surface area contributed by atoms with Gasteiger partial charge in [0.15, 0.2) is 5.41 Å². The predicted octanol–water partition coefficient (Wildman–Crippen LogP) is 3.19. The second-order valence-corrected chi connectivity index (χ2v) is 5.11. The number of ether oxygens (including phenoxy) is 1. The second-order valence-electron chi connectivity index (χ2n) is 4.27. The maximum absolute atomic E-state index is 11.8. The van der Waals surface area contributed by atoms with Gasteiger partial charge in [0.2, 0.25) is 0 Å². The van der Waals surface area contributed by atoms with Crippen LogP contribution in [0.5, 0.6) is 0 Å². The molecule has 0 saturated heterocycles. The van der Waals surface area contributed by atoms with Crippen LogP contribution in [0.3, 0.4) is 0 Å². The number of carbonyl (C=O) groups excluding carboxylic acids is 1. The Morgan fingerprint density at radius 2 is 2.00 bits per heavy atom. The third-order valence-corrected chi connectivity index (χ3v) is 3.34. The van der Waals surface area contributed by atoms with Gasteiger partial charge in [-0.1, -0.05) is 29.3 Å². The summed E-state index contributed by atoms with van der Waals surface area (Å²) in [6.45, 7) is 3.06. The summed E-state index contributed by atoms with van der Waals surface area (Å²) in [6.07, 6.45) is -0.0584. The topological polar surface area (TPSA) is 63.6 Å². The first-order valence-corrected chi connectivity index (χ1v) is 6.41. The van der Waals surface area contributed by atoms with Gasteiger partial charge in [0.05, 0.1) is 6.61 Å². The van der Waals surface area contributed by atoms with Crippen LogP contribution in [0.4, 0.5) is 0 Å². The molecule has 0 heterocycles. The number of halogens is 2. The molecule has 0 spiro atoms. The van der Waals surface area contributed by atoms with Crippen LogP contribution < -0.4 is 0 Å². The average Bonchev–Trinajstić information content (AvgIpc) is 2.32. The number of benzene rings is 1. The molecule has 6 heteroatoms. The van der Waals surface area contributed by atoms with E-state index in [2.05, 4.69) is 0 Å². The lowest BCUT2D eigenvalue weighted by molar-refractivity contribution is -0.167. The van der Waals surface area contributed by atoms with E-state index in [1.54, 1.807) is 19.1 Å². The molecule has 0 saturated carbocycles. The van der Waals surface area contributed by atoms with Crippen molar-refractivity contribution in [3.05, 3.63) is 33.8 Å². The van der Waals surface area contributed by atoms with Crippen molar-refractivity contribution < 1.29 is 19.4 Å². The zero-order valence-corrected chi connectivity index (χ0v) is 12.1. The van der Waals surface area contributed by atoms with Gasteiger partial charge in [-0.25, -0.2) is 0 Å². The molecule has 1 N–H and O–H groups in total. The van der Waals surface area contributed by atoms with Crippen LogP contribution in [-0.2, 0) is 20.7 Å². The largest absolute Gasteiger partial charge is 0.480 e. The van der Waals surface area contributed by atoms with Crippen LogP contribution in [0.1, 0.15) is 19.4 Å². The highest BCUT2D eigenvalue weighted by Crippen LogP contribution is 2.30. The molecule has 0 aliphatic rings. The van der Waals surface area contributed by atoms with Crippen molar-refractivity contribution >= 4 is 35.1 Å². The van der Waals surface area contributed by atoms with E-state index in [9.17, 15) is 14.7 Å². The van der Waals surface area contributed by atoms with Gasteiger partial charge in [-0.3, -0.25) is 9.59 Å². The molecule has 0 bridgehead atoms. The van der Waals surface area contributed by atoms with Crippen LogP contribution in [0, 0.1) is 5.41 Å². The van der Waals surface area contributed by atoms with Gasteiger partial charge >= 0.3 is 11.9 Å². The van der Waals surface area contributed by atoms with Crippen LogP contribution in [-0.4, -0.2) is 23.7 Å². The normalized spacial score (nSPS) is 13.7. The quantitative estimate of drug-likeness (QED) is 0.670. The van der Waals surface area contributed by atoms with Gasteiger partial charge in [0, 0.05) is 16.5 Å². The summed E-state index contributed by atoms with van der Waals surface area (Å²) in [5.74, 6) is -2.04. The molecule has 1 rings (SSSR count). The first kappa shape index (κ1) is 15.8. The van der Waals surface area contributed by atoms with Crippen molar-refractivity contribution in [1.82, 2.24) is 0 Å². The van der Waals surface area contributed by atoms with Crippen LogP contribution >= 0.6 is 23.2 Å². The molecule has 4 nitrogen and oxygen atoms in total. The van der Waals surface area contributed by atoms with Crippen molar-refractivity contribution in [2.75, 3.05) is 6.61 Å². The first-order valence-electron chi connectivity index (χ1n) is 5.65. The minimum atomic E-state index is -1.67. The van der Waals surface area contributed by atoms with E-state index in [1.165, 1.54) is 13.0 Å². The summed E-state index contributed by atoms with van der Waals surface area (Å²) in [5.41, 5.74) is -1.14. The molecule has 0 amide bonds. The van der Waals surface area contributed by atoms with Crippen molar-refractivity contribution in [3.8, 4) is 0 Å². The van der Waals surface area contributed by atoms with Crippen LogP contribution in [0.2, 0.25) is 10.0 Å². The number of esters is 1. The predicted molar refractivity (Wildman–Crippen MR) is 72.5 cm³/mol. The summed E-state index contributed by atoms with van der Waals surface area (Å²) < 4.78 is 4.82. The number of carboxylic acid groups (broad SMARTS) is 1. The minimum Gasteiger partial charge on any atom is -0.480 e. The van der Waals surface area contributed by atoms with Crippen LogP contribution in [0.15, 0.2) is 18.2 Å². The fourth-order valence-corrected chi connectivity index (χ4v) is 2.05. The summed E-state index contributed by atoms with van der Waals surface area (Å²) in [6, 6.07) is 4.70. The number of aliphatic carboxylic acids is 1. The summed E-state index contributed by atoms with van der Waals surface area (Å²) in [7, 11) is 0. The lowest BCUT2D eigenvalue weighted by Gasteiger charge is -2.23. The molecule has 19 heavy (non-hydrogen) atoms. The Bertz CT molecular complexity index is 501. The van der Waals surface area contributed by atoms with Crippen molar-refractivity contribution in [2.24, 2.45) is 5.41 Å². The Hall–Kier alpha value is -1.26. The third-order valence-electron chi connectivity index (χ3n) is 2.76. The standard InChI is InChI=1S/C13H14Cl2O4/c1-3-19-12(18)13(2,11(16)17)7-8-4-5-9(14)6-10(8)15/h4-6H,3,7H2,1-2H3,(H,16,17). The van der Waals surface area contributed by atoms with E-state index in [0.717, 1.165) is 0 Å². The average molecular weight is 305 g/mol. The number of hydrogen-bond acceptors (Lipinski definition) is 3. The third kappa shape index (κ3) is 3.61. The van der Waals surface area contributed by atoms with Gasteiger partial charge in [0.25, 0.3) is 0 Å². The van der Waals surface area contributed by atoms with Gasteiger partial charge in [0.1, 0.15) is 0 Å². The van der Waals surface area contributed by atoms with Crippen molar-refractivity contribution in [3.63, 3.8) is 0 Å². The van der Waals surface area contributed by atoms with Crippen LogP contribution in [0.25, 0.3) is 0 Å². The van der Waals surface area contributed by atoms with E-state index in [4.69, 9.17) is 27.9 Å². The highest BCUT2D eigenvalue weighted by molar-refractivity contribution is 6.35. The highest BCUT2D eigenvalue weighted by Gasteiger charge is 2.43. The zero-order chi connectivity index (χ0) is 14.6. The number of rotatable bonds is 5. The first-order chi connectivity index (χ1) is 8.81. The SMILES string of the molecule is CCOC(=O)C(C)(Cc1ccc(Cl)cc1Cl)C(=O)O. The molecule has 1 aromatic rings. The van der Waals surface area contributed by atoms with E-state index in [-0.39, 0.29) is 13.0 Å². The molecule has 0 fully saturated rings. The number of carbonyl (C=O) groups is 2. The summed E-state index contributed by atoms with van der Waals surface area (Å²) >= 11 is 11.8. The summed E-state index contributed by atoms with van der Waals surface area (Å²) in [4.78, 5) is 23.2. The van der Waals surface area contributed by atoms with Crippen molar-refractivity contribution in [1.29, 1.82) is 0 Å². The molecule has 0 aliphatic heterocycles. The lowest BCUT2D eigenvalue weighted by atomic mass is 9.83. The van der Waals surface area contributed by atoms with Gasteiger partial charge in [-0.2, -0.15) is 0 Å². The second kappa shape index (κ2) is 6.26. The lowest BCUT2D eigenvalue weighted by Crippen LogP contribution is -2.40. The highest BCUT2D eigenvalue weighted by atomic mass is 35.5. The molecule has 1 atom stereocenters. The molecule has 1 unspecified atom stereocenters. The van der Waals surface area contributed by atoms with Crippen molar-refractivity contribution in [2.45, 2.75) is 20.3 Å². The Morgan fingerprint density at radius 3 is 2.47 bits per heavy atom. The fourth-order valence-electron chi connectivity index (χ4n) is 1.57.